The molecule has 78 valence electrons. The fourth-order valence-corrected chi connectivity index (χ4v) is 1.20. The smallest absolute Gasteiger partial charge is 0.176 e. The van der Waals surface area contributed by atoms with Gasteiger partial charge < -0.3 is 14.2 Å². The molecular formula is C9H17ClO3. The third-order valence-corrected chi connectivity index (χ3v) is 1.95. The summed E-state index contributed by atoms with van der Waals surface area (Å²) < 4.78 is 16.0. The third kappa shape index (κ3) is 4.27. The van der Waals surface area contributed by atoms with Gasteiger partial charge in [-0.3, -0.25) is 0 Å². The van der Waals surface area contributed by atoms with E-state index < -0.39 is 0 Å². The Balaban J connectivity index is 2.20. The van der Waals surface area contributed by atoms with Gasteiger partial charge in [-0.25, -0.2) is 0 Å². The van der Waals surface area contributed by atoms with Gasteiger partial charge in [0.2, 0.25) is 0 Å². The molecule has 3 nitrogen and oxygen atoms in total. The largest absolute Gasteiger partial charge is 0.374 e. The van der Waals surface area contributed by atoms with Crippen molar-refractivity contribution in [3.8, 4) is 0 Å². The van der Waals surface area contributed by atoms with Crippen LogP contribution in [0.4, 0.5) is 0 Å². The van der Waals surface area contributed by atoms with Crippen LogP contribution in [0.2, 0.25) is 0 Å². The standard InChI is InChI=1S/C9H17ClO3/c1-9(2,3)13-6-7(10)8-11-4-5-12-8/h7-8H,4-6H2,1-3H3. The number of halogens is 1. The Morgan fingerprint density at radius 3 is 2.38 bits per heavy atom. The first kappa shape index (κ1) is 11.2. The van der Waals surface area contributed by atoms with Gasteiger partial charge in [-0.1, -0.05) is 0 Å². The fourth-order valence-electron chi connectivity index (χ4n) is 0.994. The Labute approximate surface area is 84.3 Å². The highest BCUT2D eigenvalue weighted by Gasteiger charge is 2.26. The minimum absolute atomic E-state index is 0.161. The van der Waals surface area contributed by atoms with E-state index in [0.29, 0.717) is 19.8 Å². The molecule has 0 aromatic rings. The van der Waals surface area contributed by atoms with Crippen molar-refractivity contribution in [3.63, 3.8) is 0 Å². The van der Waals surface area contributed by atoms with Crippen LogP contribution < -0.4 is 0 Å². The number of alkyl halides is 1. The topological polar surface area (TPSA) is 27.7 Å². The van der Waals surface area contributed by atoms with Gasteiger partial charge in [-0.2, -0.15) is 0 Å². The SMILES string of the molecule is CC(C)(C)OCC(Cl)C1OCCO1. The molecule has 0 saturated carbocycles. The predicted molar refractivity (Wildman–Crippen MR) is 51.0 cm³/mol. The second-order valence-corrected chi connectivity index (χ2v) is 4.61. The van der Waals surface area contributed by atoms with Crippen LogP contribution in [0.25, 0.3) is 0 Å². The first-order valence-electron chi connectivity index (χ1n) is 4.50. The van der Waals surface area contributed by atoms with Gasteiger partial charge in [0.15, 0.2) is 6.29 Å². The number of ether oxygens (including phenoxy) is 3. The molecule has 0 radical (unpaired) electrons. The molecule has 1 heterocycles. The second kappa shape index (κ2) is 4.60. The second-order valence-electron chi connectivity index (χ2n) is 4.05. The number of hydrogen-bond acceptors (Lipinski definition) is 3. The minimum atomic E-state index is -0.302. The van der Waals surface area contributed by atoms with Gasteiger partial charge in [0, 0.05) is 0 Å². The van der Waals surface area contributed by atoms with Gasteiger partial charge >= 0.3 is 0 Å². The molecule has 13 heavy (non-hydrogen) atoms. The van der Waals surface area contributed by atoms with Crippen molar-refractivity contribution in [2.75, 3.05) is 19.8 Å². The van der Waals surface area contributed by atoms with Gasteiger partial charge in [-0.05, 0) is 20.8 Å². The summed E-state index contributed by atoms with van der Waals surface area (Å²) in [6.07, 6.45) is -0.302. The maximum atomic E-state index is 6.02. The van der Waals surface area contributed by atoms with Crippen LogP contribution in [0.15, 0.2) is 0 Å². The van der Waals surface area contributed by atoms with Crippen molar-refractivity contribution >= 4 is 11.6 Å². The monoisotopic (exact) mass is 208 g/mol. The Kier molecular flexibility index (Phi) is 3.98. The third-order valence-electron chi connectivity index (χ3n) is 1.62. The van der Waals surface area contributed by atoms with Gasteiger partial charge in [0.05, 0.1) is 25.4 Å². The molecule has 0 spiro atoms. The number of hydrogen-bond donors (Lipinski definition) is 0. The van der Waals surface area contributed by atoms with Crippen molar-refractivity contribution in [1.29, 1.82) is 0 Å². The zero-order chi connectivity index (χ0) is 9.90. The predicted octanol–water partition coefficient (Wildman–Crippen LogP) is 1.78. The molecule has 1 atom stereocenters. The number of rotatable bonds is 3. The molecule has 0 bridgehead atoms. The van der Waals surface area contributed by atoms with E-state index >= 15 is 0 Å². The Morgan fingerprint density at radius 1 is 1.38 bits per heavy atom. The molecule has 1 aliphatic heterocycles. The average molecular weight is 209 g/mol. The average Bonchev–Trinajstić information content (AvgIpc) is 2.50. The summed E-state index contributed by atoms with van der Waals surface area (Å²) in [4.78, 5) is 0. The molecule has 0 amide bonds. The summed E-state index contributed by atoms with van der Waals surface area (Å²) in [7, 11) is 0. The van der Waals surface area contributed by atoms with Crippen molar-refractivity contribution < 1.29 is 14.2 Å². The Morgan fingerprint density at radius 2 is 1.92 bits per heavy atom. The molecule has 0 aliphatic carbocycles. The lowest BCUT2D eigenvalue weighted by Crippen LogP contribution is -2.31. The van der Waals surface area contributed by atoms with E-state index in [1.807, 2.05) is 20.8 Å². The first-order chi connectivity index (χ1) is 5.99. The summed E-state index contributed by atoms with van der Waals surface area (Å²) in [5.41, 5.74) is -0.161. The fraction of sp³-hybridized carbons (Fsp3) is 1.00. The van der Waals surface area contributed by atoms with E-state index in [4.69, 9.17) is 25.8 Å². The highest BCUT2D eigenvalue weighted by Crippen LogP contribution is 2.17. The summed E-state index contributed by atoms with van der Waals surface area (Å²) >= 11 is 6.02. The van der Waals surface area contributed by atoms with Crippen LogP contribution in [0, 0.1) is 0 Å². The van der Waals surface area contributed by atoms with Crippen molar-refractivity contribution in [1.82, 2.24) is 0 Å². The van der Waals surface area contributed by atoms with Crippen molar-refractivity contribution in [2.24, 2.45) is 0 Å². The van der Waals surface area contributed by atoms with E-state index in [9.17, 15) is 0 Å². The molecule has 0 aromatic heterocycles. The van der Waals surface area contributed by atoms with Crippen molar-refractivity contribution in [2.45, 2.75) is 38.0 Å². The molecule has 1 saturated heterocycles. The zero-order valence-corrected chi connectivity index (χ0v) is 9.13. The molecule has 1 rings (SSSR count). The molecular weight excluding hydrogens is 192 g/mol. The maximum Gasteiger partial charge on any atom is 0.176 e. The normalized spacial score (nSPS) is 22.2. The maximum absolute atomic E-state index is 6.02. The van der Waals surface area contributed by atoms with E-state index in [1.54, 1.807) is 0 Å². The zero-order valence-electron chi connectivity index (χ0n) is 8.38. The molecule has 0 aromatic carbocycles. The van der Waals surface area contributed by atoms with E-state index in [-0.39, 0.29) is 17.3 Å². The molecule has 4 heteroatoms. The van der Waals surface area contributed by atoms with Crippen molar-refractivity contribution in [3.05, 3.63) is 0 Å². The van der Waals surface area contributed by atoms with E-state index in [1.165, 1.54) is 0 Å². The molecule has 1 aliphatic rings. The summed E-state index contributed by atoms with van der Waals surface area (Å²) in [6.45, 7) is 7.69. The van der Waals surface area contributed by atoms with Gasteiger partial charge in [0.25, 0.3) is 0 Å². The Hall–Kier alpha value is 0.170. The van der Waals surface area contributed by atoms with Gasteiger partial charge in [0.1, 0.15) is 5.38 Å². The summed E-state index contributed by atoms with van der Waals surface area (Å²) in [6, 6.07) is 0. The lowest BCUT2D eigenvalue weighted by atomic mass is 10.2. The van der Waals surface area contributed by atoms with Crippen LogP contribution in [0.5, 0.6) is 0 Å². The van der Waals surface area contributed by atoms with Crippen LogP contribution in [-0.4, -0.2) is 37.1 Å². The lowest BCUT2D eigenvalue weighted by Gasteiger charge is -2.23. The van der Waals surface area contributed by atoms with Crippen LogP contribution in [0.1, 0.15) is 20.8 Å². The summed E-state index contributed by atoms with van der Waals surface area (Å²) in [5, 5.41) is -0.221. The molecule has 0 N–H and O–H groups in total. The summed E-state index contributed by atoms with van der Waals surface area (Å²) in [5.74, 6) is 0. The minimum Gasteiger partial charge on any atom is -0.374 e. The van der Waals surface area contributed by atoms with Crippen LogP contribution >= 0.6 is 11.6 Å². The van der Waals surface area contributed by atoms with Crippen LogP contribution in [-0.2, 0) is 14.2 Å². The quantitative estimate of drug-likeness (QED) is 0.662. The van der Waals surface area contributed by atoms with Crippen LogP contribution in [0.3, 0.4) is 0 Å². The molecule has 1 fully saturated rings. The van der Waals surface area contributed by atoms with E-state index in [0.717, 1.165) is 0 Å². The van der Waals surface area contributed by atoms with E-state index in [2.05, 4.69) is 0 Å². The Bertz CT molecular complexity index is 149. The highest BCUT2D eigenvalue weighted by molar-refractivity contribution is 6.21. The first-order valence-corrected chi connectivity index (χ1v) is 4.94. The molecule has 1 unspecified atom stereocenters. The lowest BCUT2D eigenvalue weighted by molar-refractivity contribution is -0.0778. The highest BCUT2D eigenvalue weighted by atomic mass is 35.5. The van der Waals surface area contributed by atoms with Gasteiger partial charge in [-0.15, -0.1) is 11.6 Å².